The lowest BCUT2D eigenvalue weighted by Crippen LogP contribution is -2.39. The second-order valence-electron chi connectivity index (χ2n) is 4.68. The molecule has 0 aliphatic rings. The number of rotatable bonds is 5. The number of carboxylic acid groups (broad SMARTS) is 1. The second-order valence-corrected chi connectivity index (χ2v) is 5.66. The lowest BCUT2D eigenvalue weighted by Gasteiger charge is -2.17. The lowest BCUT2D eigenvalue weighted by atomic mass is 10.0. The Morgan fingerprint density at radius 1 is 1.24 bits per heavy atom. The Morgan fingerprint density at radius 3 is 2.43 bits per heavy atom. The summed E-state index contributed by atoms with van der Waals surface area (Å²) in [6, 6.07) is 8.68. The Morgan fingerprint density at radius 2 is 1.90 bits per heavy atom. The highest BCUT2D eigenvalue weighted by Crippen LogP contribution is 2.20. The number of benzene rings is 1. The molecule has 0 fully saturated rings. The Kier molecular flexibility index (Phi) is 4.72. The maximum atomic E-state index is 12.1. The van der Waals surface area contributed by atoms with Gasteiger partial charge in [0.25, 0.3) is 0 Å². The number of carboxylic acids is 1. The number of carbonyl (C=O) groups is 2. The number of amides is 1. The van der Waals surface area contributed by atoms with Crippen LogP contribution >= 0.6 is 11.3 Å². The van der Waals surface area contributed by atoms with Gasteiger partial charge in [-0.1, -0.05) is 35.9 Å². The zero-order chi connectivity index (χ0) is 15.4. The number of aliphatic carboxylic acids is 1. The van der Waals surface area contributed by atoms with Gasteiger partial charge in [-0.05, 0) is 23.9 Å². The zero-order valence-electron chi connectivity index (χ0n) is 11.4. The maximum absolute atomic E-state index is 12.1. The van der Waals surface area contributed by atoms with Gasteiger partial charge in [0.05, 0.1) is 0 Å². The van der Waals surface area contributed by atoms with Gasteiger partial charge in [-0.2, -0.15) is 0 Å². The Labute approximate surface area is 126 Å². The highest BCUT2D eigenvalue weighted by molar-refractivity contribution is 7.10. The van der Waals surface area contributed by atoms with Gasteiger partial charge in [-0.25, -0.2) is 4.79 Å². The van der Waals surface area contributed by atoms with E-state index in [4.69, 9.17) is 5.73 Å². The van der Waals surface area contributed by atoms with Crippen LogP contribution in [0.15, 0.2) is 41.8 Å². The SMILES string of the molecule is Cc1ccc(C(N)C(=O)NC(C(=O)O)c2cccs2)cc1. The number of hydrogen-bond donors (Lipinski definition) is 3. The maximum Gasteiger partial charge on any atom is 0.331 e. The smallest absolute Gasteiger partial charge is 0.331 e. The minimum absolute atomic E-state index is 0.514. The van der Waals surface area contributed by atoms with Crippen LogP contribution in [0.5, 0.6) is 0 Å². The summed E-state index contributed by atoms with van der Waals surface area (Å²) in [6.07, 6.45) is 0. The summed E-state index contributed by atoms with van der Waals surface area (Å²) in [5.41, 5.74) is 7.60. The molecule has 2 unspecified atom stereocenters. The molecule has 0 saturated heterocycles. The molecule has 0 radical (unpaired) electrons. The first-order chi connectivity index (χ1) is 9.99. The van der Waals surface area contributed by atoms with Crippen LogP contribution in [0.1, 0.15) is 28.1 Å². The molecule has 5 nitrogen and oxygen atoms in total. The van der Waals surface area contributed by atoms with Crippen molar-refractivity contribution < 1.29 is 14.7 Å². The van der Waals surface area contributed by atoms with Crippen molar-refractivity contribution in [2.45, 2.75) is 19.0 Å². The summed E-state index contributed by atoms with van der Waals surface area (Å²) in [5.74, 6) is -1.62. The number of hydrogen-bond acceptors (Lipinski definition) is 4. The lowest BCUT2D eigenvalue weighted by molar-refractivity contribution is -0.142. The molecule has 1 amide bonds. The molecular formula is C15H16N2O3S. The summed E-state index contributed by atoms with van der Waals surface area (Å²) < 4.78 is 0. The van der Waals surface area contributed by atoms with Crippen LogP contribution in [0, 0.1) is 6.92 Å². The van der Waals surface area contributed by atoms with Gasteiger partial charge in [0, 0.05) is 4.88 Å². The van der Waals surface area contributed by atoms with Crippen molar-refractivity contribution in [1.29, 1.82) is 0 Å². The van der Waals surface area contributed by atoms with Gasteiger partial charge in [0.15, 0.2) is 6.04 Å². The van der Waals surface area contributed by atoms with Crippen LogP contribution in [0.25, 0.3) is 0 Å². The average molecular weight is 304 g/mol. The third-order valence-corrected chi connectivity index (χ3v) is 4.02. The Bertz CT molecular complexity index is 623. The standard InChI is InChI=1S/C15H16N2O3S/c1-9-4-6-10(7-5-9)12(16)14(18)17-13(15(19)20)11-3-2-8-21-11/h2-8,12-13H,16H2,1H3,(H,17,18)(H,19,20). The van der Waals surface area contributed by atoms with Crippen molar-refractivity contribution in [2.75, 3.05) is 0 Å². The highest BCUT2D eigenvalue weighted by atomic mass is 32.1. The van der Waals surface area contributed by atoms with Crippen molar-refractivity contribution >= 4 is 23.2 Å². The van der Waals surface area contributed by atoms with Crippen molar-refractivity contribution in [2.24, 2.45) is 5.73 Å². The highest BCUT2D eigenvalue weighted by Gasteiger charge is 2.26. The first kappa shape index (κ1) is 15.2. The van der Waals surface area contributed by atoms with E-state index < -0.39 is 24.0 Å². The van der Waals surface area contributed by atoms with E-state index >= 15 is 0 Å². The van der Waals surface area contributed by atoms with Gasteiger partial charge >= 0.3 is 5.97 Å². The van der Waals surface area contributed by atoms with Crippen molar-refractivity contribution in [3.8, 4) is 0 Å². The molecule has 1 aromatic carbocycles. The van der Waals surface area contributed by atoms with Crippen molar-refractivity contribution in [3.05, 3.63) is 57.8 Å². The van der Waals surface area contributed by atoms with E-state index in [0.717, 1.165) is 5.56 Å². The summed E-state index contributed by atoms with van der Waals surface area (Å²) in [7, 11) is 0. The van der Waals surface area contributed by atoms with Gasteiger partial charge < -0.3 is 16.2 Å². The van der Waals surface area contributed by atoms with Crippen LogP contribution in [0.2, 0.25) is 0 Å². The number of nitrogens with two attached hydrogens (primary N) is 1. The first-order valence-corrected chi connectivity index (χ1v) is 7.25. The van der Waals surface area contributed by atoms with Crippen molar-refractivity contribution in [3.63, 3.8) is 0 Å². The van der Waals surface area contributed by atoms with Gasteiger partial charge in [0.1, 0.15) is 6.04 Å². The molecule has 21 heavy (non-hydrogen) atoms. The van der Waals surface area contributed by atoms with Gasteiger partial charge in [0.2, 0.25) is 5.91 Å². The summed E-state index contributed by atoms with van der Waals surface area (Å²) >= 11 is 1.27. The van der Waals surface area contributed by atoms with E-state index in [-0.39, 0.29) is 0 Å². The molecule has 2 atom stereocenters. The Balaban J connectivity index is 2.12. The van der Waals surface area contributed by atoms with Crippen molar-refractivity contribution in [1.82, 2.24) is 5.32 Å². The van der Waals surface area contributed by atoms with E-state index in [2.05, 4.69) is 5.32 Å². The molecule has 1 heterocycles. The van der Waals surface area contributed by atoms with E-state index in [1.54, 1.807) is 29.6 Å². The monoisotopic (exact) mass is 304 g/mol. The first-order valence-electron chi connectivity index (χ1n) is 6.38. The van der Waals surface area contributed by atoms with Gasteiger partial charge in [-0.15, -0.1) is 11.3 Å². The zero-order valence-corrected chi connectivity index (χ0v) is 12.3. The summed E-state index contributed by atoms with van der Waals surface area (Å²) in [5, 5.41) is 13.5. The fourth-order valence-electron chi connectivity index (χ4n) is 1.87. The minimum Gasteiger partial charge on any atom is -0.479 e. The minimum atomic E-state index is -1.11. The molecular weight excluding hydrogens is 288 g/mol. The molecule has 1 aromatic heterocycles. The molecule has 2 rings (SSSR count). The second kappa shape index (κ2) is 6.51. The third-order valence-electron chi connectivity index (χ3n) is 3.08. The van der Waals surface area contributed by atoms with Crippen LogP contribution in [0.3, 0.4) is 0 Å². The molecule has 0 aliphatic carbocycles. The van der Waals surface area contributed by atoms with Crippen LogP contribution in [0.4, 0.5) is 0 Å². The molecule has 4 N–H and O–H groups in total. The van der Waals surface area contributed by atoms with E-state index in [1.807, 2.05) is 19.1 Å². The Hall–Kier alpha value is -2.18. The third kappa shape index (κ3) is 3.68. The van der Waals surface area contributed by atoms with E-state index in [0.29, 0.717) is 10.4 Å². The number of thiophene rings is 1. The average Bonchev–Trinajstić information content (AvgIpc) is 2.98. The topological polar surface area (TPSA) is 92.4 Å². The molecule has 6 heteroatoms. The fraction of sp³-hybridized carbons (Fsp3) is 0.200. The quantitative estimate of drug-likeness (QED) is 0.787. The normalized spacial score (nSPS) is 13.4. The summed E-state index contributed by atoms with van der Waals surface area (Å²) in [4.78, 5) is 24.0. The largest absolute Gasteiger partial charge is 0.479 e. The molecule has 0 bridgehead atoms. The fourth-order valence-corrected chi connectivity index (χ4v) is 2.63. The molecule has 0 saturated carbocycles. The van der Waals surface area contributed by atoms with Crippen LogP contribution in [-0.4, -0.2) is 17.0 Å². The molecule has 0 aliphatic heterocycles. The molecule has 110 valence electrons. The van der Waals surface area contributed by atoms with E-state index in [1.165, 1.54) is 11.3 Å². The van der Waals surface area contributed by atoms with Crippen LogP contribution in [-0.2, 0) is 9.59 Å². The molecule has 0 spiro atoms. The van der Waals surface area contributed by atoms with E-state index in [9.17, 15) is 14.7 Å². The van der Waals surface area contributed by atoms with Crippen LogP contribution < -0.4 is 11.1 Å². The number of aryl methyl sites for hydroxylation is 1. The predicted molar refractivity (Wildman–Crippen MR) is 80.9 cm³/mol. The summed E-state index contributed by atoms with van der Waals surface area (Å²) in [6.45, 7) is 1.94. The molecule has 2 aromatic rings. The number of carbonyl (C=O) groups excluding carboxylic acids is 1. The van der Waals surface area contributed by atoms with Gasteiger partial charge in [-0.3, -0.25) is 4.79 Å². The number of nitrogens with one attached hydrogen (secondary N) is 1. The predicted octanol–water partition coefficient (Wildman–Crippen LogP) is 2.00.